The number of benzene rings is 2. The fourth-order valence-electron chi connectivity index (χ4n) is 2.95. The summed E-state index contributed by atoms with van der Waals surface area (Å²) >= 11 is 6.07. The lowest BCUT2D eigenvalue weighted by Crippen LogP contribution is -2.50. The van der Waals surface area contributed by atoms with Gasteiger partial charge in [-0.15, -0.1) is 0 Å². The summed E-state index contributed by atoms with van der Waals surface area (Å²) in [6.45, 7) is 6.04. The summed E-state index contributed by atoms with van der Waals surface area (Å²) in [5, 5.41) is 3.37. The van der Waals surface area contributed by atoms with E-state index in [0.29, 0.717) is 22.9 Å². The Morgan fingerprint density at radius 3 is 2.52 bits per heavy atom. The molecule has 0 bridgehead atoms. The van der Waals surface area contributed by atoms with Gasteiger partial charge in [0, 0.05) is 5.02 Å². The highest BCUT2D eigenvalue weighted by Gasteiger charge is 2.31. The molecule has 1 atom stereocenters. The molecule has 2 aromatic rings. The van der Waals surface area contributed by atoms with Crippen molar-refractivity contribution in [3.05, 3.63) is 58.6 Å². The fraction of sp³-hybridized carbons (Fsp3) is 0.381. The number of nitrogens with zero attached hydrogens (tertiary/aromatic N) is 1. The van der Waals surface area contributed by atoms with Crippen LogP contribution in [0.15, 0.2) is 42.5 Å². The van der Waals surface area contributed by atoms with E-state index in [-0.39, 0.29) is 19.1 Å². The van der Waals surface area contributed by atoms with Crippen molar-refractivity contribution in [2.45, 2.75) is 33.2 Å². The highest BCUT2D eigenvalue weighted by atomic mass is 35.5. The molecule has 0 saturated carbocycles. The SMILES string of the molecule is CC[C@@H](C(=O)NCCOc1ccc(C)c(Cl)c1)N(c1cccc(C)c1)S(C)(=O)=O. The smallest absolute Gasteiger partial charge is 0.244 e. The van der Waals surface area contributed by atoms with Crippen molar-refractivity contribution in [1.29, 1.82) is 0 Å². The van der Waals surface area contributed by atoms with Gasteiger partial charge in [0.15, 0.2) is 0 Å². The Kier molecular flexibility index (Phi) is 7.93. The van der Waals surface area contributed by atoms with E-state index >= 15 is 0 Å². The minimum atomic E-state index is -3.65. The number of carbonyl (C=O) groups excluding carboxylic acids is 1. The Balaban J connectivity index is 2.04. The zero-order valence-electron chi connectivity index (χ0n) is 17.1. The van der Waals surface area contributed by atoms with Crippen molar-refractivity contribution < 1.29 is 17.9 Å². The number of nitrogens with one attached hydrogen (secondary N) is 1. The molecule has 0 aliphatic heterocycles. The van der Waals surface area contributed by atoms with E-state index in [0.717, 1.165) is 17.4 Å². The largest absolute Gasteiger partial charge is 0.492 e. The first-order valence-corrected chi connectivity index (χ1v) is 11.6. The molecule has 0 spiro atoms. The van der Waals surface area contributed by atoms with Crippen LogP contribution in [0.25, 0.3) is 0 Å². The number of ether oxygens (including phenoxy) is 1. The fourth-order valence-corrected chi connectivity index (χ4v) is 4.32. The van der Waals surface area contributed by atoms with Crippen LogP contribution in [0.1, 0.15) is 24.5 Å². The third-order valence-electron chi connectivity index (χ3n) is 4.40. The number of aryl methyl sites for hydroxylation is 2. The normalized spacial score (nSPS) is 12.3. The monoisotopic (exact) mass is 438 g/mol. The molecule has 0 radical (unpaired) electrons. The standard InChI is InChI=1S/C21H27ClN2O4S/c1-5-20(24(29(4,26)27)17-8-6-7-15(2)13-17)21(25)23-11-12-28-18-10-9-16(3)19(22)14-18/h6-10,13-14,20H,5,11-12H2,1-4H3,(H,23,25)/t20-/m0/s1. The molecule has 8 heteroatoms. The minimum Gasteiger partial charge on any atom is -0.492 e. The molecule has 6 nitrogen and oxygen atoms in total. The van der Waals surface area contributed by atoms with Gasteiger partial charge in [-0.2, -0.15) is 0 Å². The number of anilines is 1. The number of rotatable bonds is 9. The molecule has 0 unspecified atom stereocenters. The van der Waals surface area contributed by atoms with E-state index in [1.165, 1.54) is 4.31 Å². The molecular formula is C21H27ClN2O4S. The second kappa shape index (κ2) is 9.98. The van der Waals surface area contributed by atoms with E-state index in [4.69, 9.17) is 16.3 Å². The van der Waals surface area contributed by atoms with E-state index in [2.05, 4.69) is 5.32 Å². The molecule has 1 amide bonds. The van der Waals surface area contributed by atoms with Gasteiger partial charge in [-0.1, -0.05) is 36.7 Å². The maximum atomic E-state index is 12.7. The van der Waals surface area contributed by atoms with Gasteiger partial charge in [-0.3, -0.25) is 9.10 Å². The molecule has 158 valence electrons. The highest BCUT2D eigenvalue weighted by Crippen LogP contribution is 2.24. The number of halogens is 1. The van der Waals surface area contributed by atoms with Crippen LogP contribution in [0.3, 0.4) is 0 Å². The summed E-state index contributed by atoms with van der Waals surface area (Å²) in [5.74, 6) is 0.240. The maximum Gasteiger partial charge on any atom is 0.244 e. The average Bonchev–Trinajstić information content (AvgIpc) is 2.64. The Bertz CT molecular complexity index is 963. The Morgan fingerprint density at radius 1 is 1.21 bits per heavy atom. The first-order chi connectivity index (χ1) is 13.6. The Labute approximate surface area is 177 Å². The van der Waals surface area contributed by atoms with E-state index in [9.17, 15) is 13.2 Å². The van der Waals surface area contributed by atoms with Gasteiger partial charge < -0.3 is 10.1 Å². The van der Waals surface area contributed by atoms with E-state index in [1.807, 2.05) is 26.0 Å². The quantitative estimate of drug-likeness (QED) is 0.606. The van der Waals surface area contributed by atoms with Crippen molar-refractivity contribution in [3.63, 3.8) is 0 Å². The summed E-state index contributed by atoms with van der Waals surface area (Å²) in [7, 11) is -3.65. The van der Waals surface area contributed by atoms with Crippen LogP contribution in [-0.2, 0) is 14.8 Å². The Hall–Kier alpha value is -2.25. The second-order valence-electron chi connectivity index (χ2n) is 6.87. The number of hydrogen-bond donors (Lipinski definition) is 1. The van der Waals surface area contributed by atoms with E-state index in [1.54, 1.807) is 37.3 Å². The zero-order valence-corrected chi connectivity index (χ0v) is 18.7. The van der Waals surface area contributed by atoms with Crippen LogP contribution < -0.4 is 14.4 Å². The maximum absolute atomic E-state index is 12.7. The summed E-state index contributed by atoms with van der Waals surface area (Å²) in [5.41, 5.74) is 2.34. The van der Waals surface area contributed by atoms with Crippen LogP contribution in [-0.4, -0.2) is 39.8 Å². The van der Waals surface area contributed by atoms with Crippen molar-refractivity contribution >= 4 is 33.2 Å². The third-order valence-corrected chi connectivity index (χ3v) is 5.99. The topological polar surface area (TPSA) is 75.7 Å². The van der Waals surface area contributed by atoms with Crippen molar-refractivity contribution in [2.75, 3.05) is 23.7 Å². The molecule has 0 heterocycles. The third kappa shape index (κ3) is 6.37. The van der Waals surface area contributed by atoms with Crippen LogP contribution in [0, 0.1) is 13.8 Å². The van der Waals surface area contributed by atoms with Gasteiger partial charge in [0.25, 0.3) is 0 Å². The number of hydrogen-bond acceptors (Lipinski definition) is 4. The highest BCUT2D eigenvalue weighted by molar-refractivity contribution is 7.92. The van der Waals surface area contributed by atoms with E-state index < -0.39 is 16.1 Å². The summed E-state index contributed by atoms with van der Waals surface area (Å²) < 4.78 is 31.6. The lowest BCUT2D eigenvalue weighted by Gasteiger charge is -2.30. The Morgan fingerprint density at radius 2 is 1.93 bits per heavy atom. The summed E-state index contributed by atoms with van der Waals surface area (Å²) in [6, 6.07) is 11.6. The van der Waals surface area contributed by atoms with Gasteiger partial charge in [-0.05, 0) is 55.7 Å². The molecule has 29 heavy (non-hydrogen) atoms. The lowest BCUT2D eigenvalue weighted by atomic mass is 10.1. The summed E-state index contributed by atoms with van der Waals surface area (Å²) in [6.07, 6.45) is 1.44. The molecule has 2 aromatic carbocycles. The molecule has 0 aliphatic carbocycles. The van der Waals surface area contributed by atoms with Crippen LogP contribution >= 0.6 is 11.6 Å². The summed E-state index contributed by atoms with van der Waals surface area (Å²) in [4.78, 5) is 12.7. The molecule has 2 rings (SSSR count). The molecule has 0 aromatic heterocycles. The number of carbonyl (C=O) groups is 1. The van der Waals surface area contributed by atoms with Gasteiger partial charge in [0.1, 0.15) is 18.4 Å². The van der Waals surface area contributed by atoms with Crippen molar-refractivity contribution in [1.82, 2.24) is 5.32 Å². The molecule has 0 fully saturated rings. The predicted molar refractivity (Wildman–Crippen MR) is 117 cm³/mol. The zero-order chi connectivity index (χ0) is 21.6. The van der Waals surface area contributed by atoms with Crippen LogP contribution in [0.5, 0.6) is 5.75 Å². The van der Waals surface area contributed by atoms with Crippen LogP contribution in [0.4, 0.5) is 5.69 Å². The van der Waals surface area contributed by atoms with Crippen LogP contribution in [0.2, 0.25) is 5.02 Å². The van der Waals surface area contributed by atoms with Crippen molar-refractivity contribution in [3.8, 4) is 5.75 Å². The second-order valence-corrected chi connectivity index (χ2v) is 9.14. The molecule has 0 saturated heterocycles. The number of sulfonamides is 1. The lowest BCUT2D eigenvalue weighted by molar-refractivity contribution is -0.122. The molecular weight excluding hydrogens is 412 g/mol. The van der Waals surface area contributed by atoms with Gasteiger partial charge in [0.2, 0.25) is 15.9 Å². The van der Waals surface area contributed by atoms with Crippen molar-refractivity contribution in [2.24, 2.45) is 0 Å². The number of amides is 1. The average molecular weight is 439 g/mol. The van der Waals surface area contributed by atoms with Gasteiger partial charge in [0.05, 0.1) is 18.5 Å². The minimum absolute atomic E-state index is 0.241. The predicted octanol–water partition coefficient (Wildman–Crippen LogP) is 3.70. The first kappa shape index (κ1) is 23.0. The molecule has 1 N–H and O–H groups in total. The van der Waals surface area contributed by atoms with Gasteiger partial charge >= 0.3 is 0 Å². The van der Waals surface area contributed by atoms with Gasteiger partial charge in [-0.25, -0.2) is 8.42 Å². The first-order valence-electron chi connectivity index (χ1n) is 9.36. The molecule has 0 aliphatic rings.